The van der Waals surface area contributed by atoms with Gasteiger partial charge in [0.1, 0.15) is 0 Å². The number of nitrogen functional groups attached to an aromatic ring is 1. The molecule has 1 amide bonds. The highest BCUT2D eigenvalue weighted by atomic mass is 16.2. The van der Waals surface area contributed by atoms with Crippen molar-refractivity contribution in [2.24, 2.45) is 0 Å². The van der Waals surface area contributed by atoms with Crippen LogP contribution in [-0.4, -0.2) is 17.9 Å². The summed E-state index contributed by atoms with van der Waals surface area (Å²) in [4.78, 5) is 14.2. The zero-order valence-electron chi connectivity index (χ0n) is 12.2. The van der Waals surface area contributed by atoms with E-state index in [2.05, 4.69) is 0 Å². The maximum Gasteiger partial charge on any atom is 0.254 e. The molecule has 0 bridgehead atoms. The normalized spacial score (nSPS) is 10.3. The van der Waals surface area contributed by atoms with Crippen LogP contribution < -0.4 is 5.73 Å². The third-order valence-corrected chi connectivity index (χ3v) is 3.43. The molecule has 20 heavy (non-hydrogen) atoms. The summed E-state index contributed by atoms with van der Waals surface area (Å²) in [5.41, 5.74) is 10.4. The molecule has 2 N–H and O–H groups in total. The summed E-state index contributed by atoms with van der Waals surface area (Å²) < 4.78 is 0. The van der Waals surface area contributed by atoms with Gasteiger partial charge in [-0.2, -0.15) is 0 Å². The van der Waals surface area contributed by atoms with Crippen LogP contribution in [0.4, 0.5) is 5.69 Å². The number of carbonyl (C=O) groups excluding carboxylic acids is 1. The number of para-hydroxylation sites is 1. The van der Waals surface area contributed by atoms with E-state index in [1.165, 1.54) is 0 Å². The molecular formula is C17H20N2O. The lowest BCUT2D eigenvalue weighted by atomic mass is 10.0. The van der Waals surface area contributed by atoms with Crippen molar-refractivity contribution in [3.05, 3.63) is 64.7 Å². The van der Waals surface area contributed by atoms with Crippen molar-refractivity contribution in [1.29, 1.82) is 0 Å². The van der Waals surface area contributed by atoms with Crippen molar-refractivity contribution in [2.45, 2.75) is 20.4 Å². The molecule has 2 rings (SSSR count). The summed E-state index contributed by atoms with van der Waals surface area (Å²) in [5, 5.41) is 0. The number of carbonyl (C=O) groups is 1. The number of anilines is 1. The van der Waals surface area contributed by atoms with E-state index in [-0.39, 0.29) is 5.91 Å². The first kappa shape index (κ1) is 14.1. The predicted octanol–water partition coefficient (Wildman–Crippen LogP) is 3.16. The molecule has 0 saturated carbocycles. The van der Waals surface area contributed by atoms with Gasteiger partial charge in [-0.3, -0.25) is 4.79 Å². The van der Waals surface area contributed by atoms with Gasteiger partial charge in [0.25, 0.3) is 5.91 Å². The lowest BCUT2D eigenvalue weighted by Gasteiger charge is -2.19. The second-order valence-electron chi connectivity index (χ2n) is 5.18. The van der Waals surface area contributed by atoms with Crippen molar-refractivity contribution in [3.63, 3.8) is 0 Å². The van der Waals surface area contributed by atoms with Crippen LogP contribution in [0.15, 0.2) is 42.5 Å². The van der Waals surface area contributed by atoms with Crippen molar-refractivity contribution < 1.29 is 4.79 Å². The molecule has 0 unspecified atom stereocenters. The minimum Gasteiger partial charge on any atom is -0.398 e. The van der Waals surface area contributed by atoms with Gasteiger partial charge in [-0.15, -0.1) is 0 Å². The number of aryl methyl sites for hydroxylation is 2. The summed E-state index contributed by atoms with van der Waals surface area (Å²) >= 11 is 0. The molecule has 0 spiro atoms. The maximum absolute atomic E-state index is 12.5. The first-order chi connectivity index (χ1) is 9.49. The highest BCUT2D eigenvalue weighted by molar-refractivity contribution is 5.95. The summed E-state index contributed by atoms with van der Waals surface area (Å²) in [5.74, 6) is 0.0226. The molecule has 0 heterocycles. The SMILES string of the molecule is Cc1ccc(C)c(C(=O)N(C)Cc2ccccc2N)c1. The lowest BCUT2D eigenvalue weighted by Crippen LogP contribution is -2.27. The Balaban J connectivity index is 2.21. The van der Waals surface area contributed by atoms with E-state index >= 15 is 0 Å². The van der Waals surface area contributed by atoms with Crippen molar-refractivity contribution in [2.75, 3.05) is 12.8 Å². The third kappa shape index (κ3) is 2.99. The number of amides is 1. The number of hydrogen-bond acceptors (Lipinski definition) is 2. The molecular weight excluding hydrogens is 248 g/mol. The number of rotatable bonds is 3. The van der Waals surface area contributed by atoms with E-state index in [0.29, 0.717) is 12.2 Å². The van der Waals surface area contributed by atoms with Gasteiger partial charge < -0.3 is 10.6 Å². The molecule has 2 aromatic rings. The van der Waals surface area contributed by atoms with E-state index in [0.717, 1.165) is 22.3 Å². The van der Waals surface area contributed by atoms with E-state index in [4.69, 9.17) is 5.73 Å². The molecule has 0 aliphatic heterocycles. The second kappa shape index (κ2) is 5.78. The summed E-state index contributed by atoms with van der Waals surface area (Å²) in [6, 6.07) is 13.6. The Labute approximate surface area is 120 Å². The van der Waals surface area contributed by atoms with Crippen LogP contribution >= 0.6 is 0 Å². The van der Waals surface area contributed by atoms with Crippen LogP contribution in [0.2, 0.25) is 0 Å². The zero-order chi connectivity index (χ0) is 14.7. The average Bonchev–Trinajstić information content (AvgIpc) is 2.43. The highest BCUT2D eigenvalue weighted by Gasteiger charge is 2.15. The monoisotopic (exact) mass is 268 g/mol. The Morgan fingerprint density at radius 2 is 1.85 bits per heavy atom. The van der Waals surface area contributed by atoms with Crippen molar-refractivity contribution in [3.8, 4) is 0 Å². The molecule has 0 atom stereocenters. The Morgan fingerprint density at radius 1 is 1.15 bits per heavy atom. The Morgan fingerprint density at radius 3 is 2.55 bits per heavy atom. The fraction of sp³-hybridized carbons (Fsp3) is 0.235. The minimum absolute atomic E-state index is 0.0226. The van der Waals surface area contributed by atoms with Gasteiger partial charge in [0, 0.05) is 24.8 Å². The van der Waals surface area contributed by atoms with Crippen LogP contribution in [0.1, 0.15) is 27.0 Å². The Hall–Kier alpha value is -2.29. The lowest BCUT2D eigenvalue weighted by molar-refractivity contribution is 0.0784. The van der Waals surface area contributed by atoms with Crippen LogP contribution in [0.25, 0.3) is 0 Å². The number of nitrogens with zero attached hydrogens (tertiary/aromatic N) is 1. The van der Waals surface area contributed by atoms with Crippen LogP contribution in [-0.2, 0) is 6.54 Å². The molecule has 104 valence electrons. The van der Waals surface area contributed by atoms with Crippen LogP contribution in [0, 0.1) is 13.8 Å². The smallest absolute Gasteiger partial charge is 0.254 e. The summed E-state index contributed by atoms with van der Waals surface area (Å²) in [6.45, 7) is 4.46. The number of hydrogen-bond donors (Lipinski definition) is 1. The molecule has 0 fully saturated rings. The predicted molar refractivity (Wildman–Crippen MR) is 82.6 cm³/mol. The molecule has 0 radical (unpaired) electrons. The topological polar surface area (TPSA) is 46.3 Å². The van der Waals surface area contributed by atoms with E-state index in [1.807, 2.05) is 56.3 Å². The first-order valence-electron chi connectivity index (χ1n) is 6.65. The fourth-order valence-electron chi connectivity index (χ4n) is 2.18. The van der Waals surface area contributed by atoms with Crippen molar-refractivity contribution in [1.82, 2.24) is 4.90 Å². The van der Waals surface area contributed by atoms with E-state index in [1.54, 1.807) is 11.9 Å². The third-order valence-electron chi connectivity index (χ3n) is 3.43. The van der Waals surface area contributed by atoms with Gasteiger partial charge in [0.15, 0.2) is 0 Å². The van der Waals surface area contributed by atoms with E-state index in [9.17, 15) is 4.79 Å². The van der Waals surface area contributed by atoms with Gasteiger partial charge >= 0.3 is 0 Å². The molecule has 3 nitrogen and oxygen atoms in total. The standard InChI is InChI=1S/C17H20N2O/c1-12-8-9-13(2)15(10-12)17(20)19(3)11-14-6-4-5-7-16(14)18/h4-10H,11,18H2,1-3H3. The largest absolute Gasteiger partial charge is 0.398 e. The first-order valence-corrected chi connectivity index (χ1v) is 6.65. The molecule has 2 aromatic carbocycles. The van der Waals surface area contributed by atoms with Gasteiger partial charge in [0.2, 0.25) is 0 Å². The summed E-state index contributed by atoms with van der Waals surface area (Å²) in [7, 11) is 1.80. The molecule has 0 aliphatic rings. The molecule has 0 aliphatic carbocycles. The van der Waals surface area contributed by atoms with Gasteiger partial charge in [0.05, 0.1) is 0 Å². The van der Waals surface area contributed by atoms with Gasteiger partial charge in [-0.05, 0) is 37.1 Å². The van der Waals surface area contributed by atoms with Crippen LogP contribution in [0.3, 0.4) is 0 Å². The van der Waals surface area contributed by atoms with Crippen molar-refractivity contribution >= 4 is 11.6 Å². The van der Waals surface area contributed by atoms with E-state index < -0.39 is 0 Å². The number of nitrogens with two attached hydrogens (primary N) is 1. The highest BCUT2D eigenvalue weighted by Crippen LogP contribution is 2.17. The summed E-state index contributed by atoms with van der Waals surface area (Å²) in [6.07, 6.45) is 0. The average molecular weight is 268 g/mol. The fourth-order valence-corrected chi connectivity index (χ4v) is 2.18. The Bertz CT molecular complexity index is 635. The van der Waals surface area contributed by atoms with Crippen LogP contribution in [0.5, 0.6) is 0 Å². The Kier molecular flexibility index (Phi) is 4.08. The zero-order valence-corrected chi connectivity index (χ0v) is 12.2. The van der Waals surface area contributed by atoms with Gasteiger partial charge in [-0.1, -0.05) is 35.9 Å². The minimum atomic E-state index is 0.0226. The maximum atomic E-state index is 12.5. The van der Waals surface area contributed by atoms with Gasteiger partial charge in [-0.25, -0.2) is 0 Å². The number of benzene rings is 2. The second-order valence-corrected chi connectivity index (χ2v) is 5.18. The quantitative estimate of drug-likeness (QED) is 0.869. The molecule has 3 heteroatoms. The molecule has 0 aromatic heterocycles. The molecule has 0 saturated heterocycles.